The zero-order valence-corrected chi connectivity index (χ0v) is 6.05. The first-order valence-electron chi connectivity index (χ1n) is 3.65. The second kappa shape index (κ2) is 2.13. The highest BCUT2D eigenvalue weighted by molar-refractivity contribution is 5.25. The maximum absolute atomic E-state index is 5.32. The zero-order valence-electron chi connectivity index (χ0n) is 6.05. The van der Waals surface area contributed by atoms with Gasteiger partial charge in [0.2, 0.25) is 0 Å². The highest BCUT2D eigenvalue weighted by Crippen LogP contribution is 2.30. The van der Waals surface area contributed by atoms with Gasteiger partial charge in [0.25, 0.3) is 0 Å². The Balaban J connectivity index is 2.34. The molecule has 0 saturated carbocycles. The van der Waals surface area contributed by atoms with Crippen LogP contribution in [0.5, 0.6) is 0 Å². The van der Waals surface area contributed by atoms with Crippen molar-refractivity contribution in [3.05, 3.63) is 23.7 Å². The van der Waals surface area contributed by atoms with Gasteiger partial charge < -0.3 is 9.73 Å². The van der Waals surface area contributed by atoms with Crippen molar-refractivity contribution in [2.75, 3.05) is 7.05 Å². The second-order valence-electron chi connectivity index (χ2n) is 2.69. The van der Waals surface area contributed by atoms with Crippen molar-refractivity contribution in [2.45, 2.75) is 18.9 Å². The SMILES string of the molecule is CNC1CCc2ccoc21. The molecule has 1 aromatic rings. The van der Waals surface area contributed by atoms with Crippen LogP contribution in [-0.4, -0.2) is 7.05 Å². The predicted octanol–water partition coefficient (Wildman–Crippen LogP) is 1.49. The quantitative estimate of drug-likeness (QED) is 0.634. The lowest BCUT2D eigenvalue weighted by Crippen LogP contribution is -2.12. The minimum atomic E-state index is 0.463. The lowest BCUT2D eigenvalue weighted by atomic mass is 10.2. The molecule has 0 fully saturated rings. The van der Waals surface area contributed by atoms with E-state index in [9.17, 15) is 0 Å². The Morgan fingerprint density at radius 2 is 2.60 bits per heavy atom. The monoisotopic (exact) mass is 137 g/mol. The van der Waals surface area contributed by atoms with Crippen LogP contribution in [0.25, 0.3) is 0 Å². The van der Waals surface area contributed by atoms with Gasteiger partial charge in [-0.3, -0.25) is 0 Å². The molecule has 2 heteroatoms. The molecule has 0 amide bonds. The summed E-state index contributed by atoms with van der Waals surface area (Å²) in [5.41, 5.74) is 1.37. The average molecular weight is 137 g/mol. The molecule has 0 radical (unpaired) electrons. The number of nitrogens with one attached hydrogen (secondary N) is 1. The van der Waals surface area contributed by atoms with Gasteiger partial charge in [0.1, 0.15) is 5.76 Å². The molecule has 10 heavy (non-hydrogen) atoms. The van der Waals surface area contributed by atoms with Gasteiger partial charge in [-0.1, -0.05) is 0 Å². The summed E-state index contributed by atoms with van der Waals surface area (Å²) in [7, 11) is 1.97. The molecule has 0 aromatic carbocycles. The van der Waals surface area contributed by atoms with Crippen LogP contribution < -0.4 is 5.32 Å². The first-order valence-corrected chi connectivity index (χ1v) is 3.65. The van der Waals surface area contributed by atoms with Crippen molar-refractivity contribution in [2.24, 2.45) is 0 Å². The number of hydrogen-bond acceptors (Lipinski definition) is 2. The normalized spacial score (nSPS) is 23.1. The Hall–Kier alpha value is -0.760. The molecular formula is C8H11NO. The fourth-order valence-electron chi connectivity index (χ4n) is 1.57. The minimum absolute atomic E-state index is 0.463. The number of aryl methyl sites for hydroxylation is 1. The van der Waals surface area contributed by atoms with E-state index in [0.717, 1.165) is 12.2 Å². The third-order valence-corrected chi connectivity index (χ3v) is 2.15. The highest BCUT2D eigenvalue weighted by Gasteiger charge is 2.23. The molecule has 0 spiro atoms. The van der Waals surface area contributed by atoms with Gasteiger partial charge in [-0.05, 0) is 31.5 Å². The lowest BCUT2D eigenvalue weighted by Gasteiger charge is -2.04. The molecule has 54 valence electrons. The maximum Gasteiger partial charge on any atom is 0.123 e. The molecule has 2 nitrogen and oxygen atoms in total. The van der Waals surface area contributed by atoms with E-state index in [1.807, 2.05) is 7.05 Å². The molecule has 1 N–H and O–H groups in total. The Labute approximate surface area is 60.2 Å². The summed E-state index contributed by atoms with van der Waals surface area (Å²) in [6.07, 6.45) is 4.12. The Kier molecular flexibility index (Phi) is 1.27. The van der Waals surface area contributed by atoms with Gasteiger partial charge in [-0.25, -0.2) is 0 Å². The molecule has 1 atom stereocenters. The molecule has 0 bridgehead atoms. The van der Waals surface area contributed by atoms with E-state index in [0.29, 0.717) is 6.04 Å². The summed E-state index contributed by atoms with van der Waals surface area (Å²) in [4.78, 5) is 0. The van der Waals surface area contributed by atoms with Crippen LogP contribution in [0.2, 0.25) is 0 Å². The molecule has 1 unspecified atom stereocenters. The molecule has 0 aliphatic heterocycles. The van der Waals surface area contributed by atoms with Crippen LogP contribution in [-0.2, 0) is 6.42 Å². The van der Waals surface area contributed by atoms with E-state index in [1.165, 1.54) is 12.0 Å². The van der Waals surface area contributed by atoms with Gasteiger partial charge in [-0.15, -0.1) is 0 Å². The molecule has 0 saturated heterocycles. The highest BCUT2D eigenvalue weighted by atomic mass is 16.3. The van der Waals surface area contributed by atoms with Crippen molar-refractivity contribution >= 4 is 0 Å². The first-order chi connectivity index (χ1) is 4.92. The Morgan fingerprint density at radius 1 is 1.70 bits per heavy atom. The second-order valence-corrected chi connectivity index (χ2v) is 2.69. The summed E-state index contributed by atoms with van der Waals surface area (Å²) in [5, 5.41) is 3.21. The molecule has 1 aromatic heterocycles. The molecule has 1 aliphatic rings. The number of furan rings is 1. The number of rotatable bonds is 1. The van der Waals surface area contributed by atoms with Crippen LogP contribution in [0.3, 0.4) is 0 Å². The van der Waals surface area contributed by atoms with E-state index in [4.69, 9.17) is 4.42 Å². The van der Waals surface area contributed by atoms with E-state index in [1.54, 1.807) is 6.26 Å². The summed E-state index contributed by atoms with van der Waals surface area (Å²) in [6, 6.07) is 2.53. The predicted molar refractivity (Wildman–Crippen MR) is 38.8 cm³/mol. The number of hydrogen-bond donors (Lipinski definition) is 1. The number of fused-ring (bicyclic) bond motifs is 1. The van der Waals surface area contributed by atoms with E-state index in [2.05, 4.69) is 11.4 Å². The standard InChI is InChI=1S/C8H11NO/c1-9-7-3-2-6-4-5-10-8(6)7/h4-5,7,9H,2-3H2,1H3. The van der Waals surface area contributed by atoms with Crippen molar-refractivity contribution in [1.82, 2.24) is 5.32 Å². The Bertz CT molecular complexity index is 229. The summed E-state index contributed by atoms with van der Waals surface area (Å²) < 4.78 is 5.32. The van der Waals surface area contributed by atoms with Crippen LogP contribution in [0, 0.1) is 0 Å². The van der Waals surface area contributed by atoms with E-state index >= 15 is 0 Å². The van der Waals surface area contributed by atoms with Gasteiger partial charge in [0.05, 0.1) is 12.3 Å². The Morgan fingerprint density at radius 3 is 3.40 bits per heavy atom. The van der Waals surface area contributed by atoms with Crippen molar-refractivity contribution < 1.29 is 4.42 Å². The topological polar surface area (TPSA) is 25.2 Å². The summed E-state index contributed by atoms with van der Waals surface area (Å²) in [5.74, 6) is 1.14. The van der Waals surface area contributed by atoms with Crippen LogP contribution in [0.15, 0.2) is 16.7 Å². The van der Waals surface area contributed by atoms with Gasteiger partial charge in [0, 0.05) is 0 Å². The zero-order chi connectivity index (χ0) is 6.97. The average Bonchev–Trinajstić information content (AvgIpc) is 2.44. The third-order valence-electron chi connectivity index (χ3n) is 2.15. The summed E-state index contributed by atoms with van der Waals surface area (Å²) >= 11 is 0. The van der Waals surface area contributed by atoms with Gasteiger partial charge in [0.15, 0.2) is 0 Å². The largest absolute Gasteiger partial charge is 0.467 e. The van der Waals surface area contributed by atoms with Gasteiger partial charge in [-0.2, -0.15) is 0 Å². The van der Waals surface area contributed by atoms with E-state index < -0.39 is 0 Å². The molecule has 1 aliphatic carbocycles. The fraction of sp³-hybridized carbons (Fsp3) is 0.500. The molecular weight excluding hydrogens is 126 g/mol. The van der Waals surface area contributed by atoms with Crippen molar-refractivity contribution in [3.63, 3.8) is 0 Å². The van der Waals surface area contributed by atoms with Crippen molar-refractivity contribution in [1.29, 1.82) is 0 Å². The molecule has 2 rings (SSSR count). The van der Waals surface area contributed by atoms with Crippen LogP contribution in [0.4, 0.5) is 0 Å². The lowest BCUT2D eigenvalue weighted by molar-refractivity contribution is 0.439. The van der Waals surface area contributed by atoms with Crippen LogP contribution >= 0.6 is 0 Å². The fourth-order valence-corrected chi connectivity index (χ4v) is 1.57. The maximum atomic E-state index is 5.32. The summed E-state index contributed by atoms with van der Waals surface area (Å²) in [6.45, 7) is 0. The molecule has 1 heterocycles. The van der Waals surface area contributed by atoms with E-state index in [-0.39, 0.29) is 0 Å². The van der Waals surface area contributed by atoms with Crippen LogP contribution in [0.1, 0.15) is 23.8 Å². The smallest absolute Gasteiger partial charge is 0.123 e. The van der Waals surface area contributed by atoms with Crippen molar-refractivity contribution in [3.8, 4) is 0 Å². The first kappa shape index (κ1) is 5.98. The third kappa shape index (κ3) is 0.688. The minimum Gasteiger partial charge on any atom is -0.467 e. The van der Waals surface area contributed by atoms with Gasteiger partial charge >= 0.3 is 0 Å².